The first-order chi connectivity index (χ1) is 24.1. The van der Waals surface area contributed by atoms with Gasteiger partial charge in [-0.05, 0) is 84.6 Å². The van der Waals surface area contributed by atoms with Gasteiger partial charge in [-0.15, -0.1) is 0 Å². The molecule has 1 unspecified atom stereocenters. The van der Waals surface area contributed by atoms with Gasteiger partial charge in [-0.2, -0.15) is 0 Å². The molecule has 4 aliphatic rings. The molecule has 0 spiro atoms. The van der Waals surface area contributed by atoms with Crippen LogP contribution in [0.2, 0.25) is 0 Å². The van der Waals surface area contributed by atoms with E-state index in [1.807, 2.05) is 31.3 Å². The largest absolute Gasteiger partial charge is 0.493 e. The van der Waals surface area contributed by atoms with Crippen molar-refractivity contribution < 1.29 is 42.8 Å². The number of fused-ring (bicyclic) bond motifs is 2. The third-order valence-corrected chi connectivity index (χ3v) is 10.7. The molecule has 10 heteroatoms. The van der Waals surface area contributed by atoms with Crippen molar-refractivity contribution in [3.63, 3.8) is 0 Å². The lowest BCUT2D eigenvalue weighted by Gasteiger charge is -2.45. The predicted octanol–water partition coefficient (Wildman–Crippen LogP) is 6.76. The molecule has 0 fully saturated rings. The van der Waals surface area contributed by atoms with Gasteiger partial charge in [0.15, 0.2) is 41.0 Å². The Balaban J connectivity index is 1.48. The van der Waals surface area contributed by atoms with Gasteiger partial charge in [0.1, 0.15) is 11.8 Å². The summed E-state index contributed by atoms with van der Waals surface area (Å²) in [5.41, 5.74) is 6.46. The molecule has 50 heavy (non-hydrogen) atoms. The third kappa shape index (κ3) is 6.07. The van der Waals surface area contributed by atoms with Crippen LogP contribution < -0.4 is 28.4 Å². The SMILES string of the molecule is COc1ccc2cc1Oc1ccc(cc1)C[C@H]1c3cc(c(OC)cc3CC[N+]1(C)CC(=O)O)Oc1c(OC)c(OC)cc3c1[C@H](C2)N(C)CC3. The van der Waals surface area contributed by atoms with Gasteiger partial charge in [-0.25, -0.2) is 4.79 Å². The maximum absolute atomic E-state index is 12.3. The highest BCUT2D eigenvalue weighted by atomic mass is 16.5. The van der Waals surface area contributed by atoms with Crippen LogP contribution in [-0.4, -0.2) is 82.6 Å². The Bertz CT molecular complexity index is 1930. The molecule has 8 rings (SSSR count). The zero-order valence-corrected chi connectivity index (χ0v) is 29.6. The molecule has 0 amide bonds. The molecular formula is C40H45N2O8+. The number of ether oxygens (including phenoxy) is 6. The van der Waals surface area contributed by atoms with Crippen molar-refractivity contribution in [2.45, 2.75) is 37.8 Å². The Kier molecular flexibility index (Phi) is 9.00. The quantitative estimate of drug-likeness (QED) is 0.222. The van der Waals surface area contributed by atoms with Gasteiger partial charge in [0, 0.05) is 36.6 Å². The molecule has 3 atom stereocenters. The summed E-state index contributed by atoms with van der Waals surface area (Å²) in [6, 6.07) is 20.1. The van der Waals surface area contributed by atoms with Crippen molar-refractivity contribution in [2.75, 3.05) is 62.2 Å². The Hall–Kier alpha value is -4.93. The minimum absolute atomic E-state index is 0.00507. The second-order valence-corrected chi connectivity index (χ2v) is 13.7. The van der Waals surface area contributed by atoms with Crippen LogP contribution in [0.1, 0.15) is 45.5 Å². The summed E-state index contributed by atoms with van der Waals surface area (Å²) in [6.45, 7) is 1.52. The maximum Gasteiger partial charge on any atom is 0.359 e. The highest BCUT2D eigenvalue weighted by Crippen LogP contribution is 2.52. The van der Waals surface area contributed by atoms with Gasteiger partial charge in [0.05, 0.1) is 42.0 Å². The summed E-state index contributed by atoms with van der Waals surface area (Å²) >= 11 is 0. The molecule has 1 N–H and O–H groups in total. The first-order valence-electron chi connectivity index (χ1n) is 17.0. The van der Waals surface area contributed by atoms with Crippen LogP contribution in [-0.2, 0) is 30.5 Å². The fraction of sp³-hybridized carbons (Fsp3) is 0.375. The lowest BCUT2D eigenvalue weighted by molar-refractivity contribution is -0.934. The van der Waals surface area contributed by atoms with E-state index in [0.29, 0.717) is 76.3 Å². The number of hydrogen-bond donors (Lipinski definition) is 1. The van der Waals surface area contributed by atoms with Crippen molar-refractivity contribution in [1.29, 1.82) is 0 Å². The highest BCUT2D eigenvalue weighted by Gasteiger charge is 2.42. The number of benzene rings is 4. The van der Waals surface area contributed by atoms with E-state index in [0.717, 1.165) is 46.3 Å². The van der Waals surface area contributed by atoms with Crippen molar-refractivity contribution in [1.82, 2.24) is 4.90 Å². The van der Waals surface area contributed by atoms with Gasteiger partial charge >= 0.3 is 5.97 Å². The monoisotopic (exact) mass is 681 g/mol. The van der Waals surface area contributed by atoms with E-state index < -0.39 is 5.97 Å². The van der Waals surface area contributed by atoms with E-state index in [-0.39, 0.29) is 18.6 Å². The van der Waals surface area contributed by atoms with Crippen molar-refractivity contribution >= 4 is 5.97 Å². The number of aliphatic carboxylic acids is 1. The third-order valence-electron chi connectivity index (χ3n) is 10.7. The Morgan fingerprint density at radius 2 is 1.52 bits per heavy atom. The van der Waals surface area contributed by atoms with Gasteiger partial charge < -0.3 is 38.0 Å². The zero-order chi connectivity index (χ0) is 35.2. The summed E-state index contributed by atoms with van der Waals surface area (Å²) < 4.78 is 37.5. The molecule has 4 aromatic carbocycles. The van der Waals surface area contributed by atoms with Gasteiger partial charge in [-0.3, -0.25) is 4.90 Å². The summed E-state index contributed by atoms with van der Waals surface area (Å²) in [6.07, 6.45) is 2.80. The first-order valence-corrected chi connectivity index (χ1v) is 17.0. The molecule has 0 saturated heterocycles. The smallest absolute Gasteiger partial charge is 0.359 e. The number of rotatable bonds is 6. The Labute approximate surface area is 293 Å². The molecule has 10 nitrogen and oxygen atoms in total. The molecule has 6 bridgehead atoms. The molecule has 0 saturated carbocycles. The number of hydrogen-bond acceptors (Lipinski definition) is 8. The fourth-order valence-corrected chi connectivity index (χ4v) is 8.02. The number of carboxylic acids is 1. The minimum Gasteiger partial charge on any atom is -0.493 e. The average Bonchev–Trinajstić information content (AvgIpc) is 3.10. The van der Waals surface area contributed by atoms with E-state index in [9.17, 15) is 9.90 Å². The van der Waals surface area contributed by atoms with Crippen LogP contribution in [0.5, 0.6) is 46.0 Å². The number of nitrogens with zero attached hydrogens (tertiary/aromatic N) is 2. The normalized spacial score (nSPS) is 21.1. The van der Waals surface area contributed by atoms with E-state index >= 15 is 0 Å². The minimum atomic E-state index is -0.830. The van der Waals surface area contributed by atoms with Gasteiger partial charge in [0.2, 0.25) is 5.75 Å². The molecule has 4 heterocycles. The topological polar surface area (TPSA) is 95.9 Å². The standard InChI is InChI=1S/C40H44N2O8/c1-41-15-13-27-21-36(47-5)39(48-6)40-38(27)30(41)17-25-9-12-32(45-3)34(19-25)49-28-10-7-24(8-11-28)18-31-29-22-35(50-40)33(46-4)20-26(29)14-16-42(31,2)23-37(43)44/h7-12,19-22,30-31H,13-18,23H2,1-6H3/p+1/t30-,31-,42?/m0/s1. The summed E-state index contributed by atoms with van der Waals surface area (Å²) in [7, 11) is 10.7. The number of methoxy groups -OCH3 is 4. The number of carbonyl (C=O) groups is 1. The second kappa shape index (κ2) is 13.4. The summed E-state index contributed by atoms with van der Waals surface area (Å²) in [4.78, 5) is 14.6. The molecule has 0 aromatic heterocycles. The van der Waals surface area contributed by atoms with E-state index in [1.54, 1.807) is 28.4 Å². The van der Waals surface area contributed by atoms with E-state index in [1.165, 1.54) is 0 Å². The molecule has 0 aliphatic carbocycles. The molecule has 262 valence electrons. The van der Waals surface area contributed by atoms with Crippen molar-refractivity contribution in [3.05, 3.63) is 94.0 Å². The first kappa shape index (κ1) is 33.6. The van der Waals surface area contributed by atoms with Crippen LogP contribution in [0.3, 0.4) is 0 Å². The van der Waals surface area contributed by atoms with Gasteiger partial charge in [-0.1, -0.05) is 18.2 Å². The van der Waals surface area contributed by atoms with Crippen LogP contribution in [0.25, 0.3) is 0 Å². The van der Waals surface area contributed by atoms with Crippen molar-refractivity contribution in [2.24, 2.45) is 0 Å². The van der Waals surface area contributed by atoms with E-state index in [2.05, 4.69) is 48.3 Å². The van der Waals surface area contributed by atoms with Crippen LogP contribution >= 0.6 is 0 Å². The lowest BCUT2D eigenvalue weighted by atomic mass is 9.86. The van der Waals surface area contributed by atoms with Crippen LogP contribution in [0, 0.1) is 0 Å². The second-order valence-electron chi connectivity index (χ2n) is 13.7. The number of quaternary nitrogens is 1. The fourth-order valence-electron chi connectivity index (χ4n) is 8.02. The lowest BCUT2D eigenvalue weighted by Crippen LogP contribution is -2.54. The Morgan fingerprint density at radius 1 is 0.820 bits per heavy atom. The Morgan fingerprint density at radius 3 is 2.22 bits per heavy atom. The molecule has 0 radical (unpaired) electrons. The number of carboxylic acid groups (broad SMARTS) is 1. The average molecular weight is 682 g/mol. The highest BCUT2D eigenvalue weighted by molar-refractivity contribution is 5.68. The maximum atomic E-state index is 12.3. The summed E-state index contributed by atoms with van der Waals surface area (Å²) in [5.74, 6) is 3.94. The van der Waals surface area contributed by atoms with Gasteiger partial charge in [0.25, 0.3) is 0 Å². The van der Waals surface area contributed by atoms with Crippen molar-refractivity contribution in [3.8, 4) is 46.0 Å². The van der Waals surface area contributed by atoms with Crippen LogP contribution in [0.4, 0.5) is 0 Å². The number of likely N-dealkylation sites (N-methyl/N-ethyl adjacent to an activating group) is 2. The molecule has 4 aromatic rings. The van der Waals surface area contributed by atoms with Crippen LogP contribution in [0.15, 0.2) is 60.7 Å². The van der Waals surface area contributed by atoms with E-state index in [4.69, 9.17) is 28.4 Å². The molecular weight excluding hydrogens is 636 g/mol. The summed E-state index contributed by atoms with van der Waals surface area (Å²) in [5, 5.41) is 10.1. The molecule has 4 aliphatic heterocycles. The predicted molar refractivity (Wildman–Crippen MR) is 189 cm³/mol. The zero-order valence-electron chi connectivity index (χ0n) is 29.6.